The lowest BCUT2D eigenvalue weighted by molar-refractivity contribution is -0.122. The Morgan fingerprint density at radius 3 is 2.42 bits per heavy atom. The minimum Gasteiger partial charge on any atom is -0.351 e. The molecule has 0 atom stereocenters. The fraction of sp³-hybridized carbons (Fsp3) is 0.714. The van der Waals surface area contributed by atoms with Crippen molar-refractivity contribution >= 4 is 5.91 Å². The van der Waals surface area contributed by atoms with Gasteiger partial charge in [0.2, 0.25) is 5.91 Å². The van der Waals surface area contributed by atoms with Crippen LogP contribution in [0.3, 0.4) is 0 Å². The Morgan fingerprint density at radius 1 is 1.32 bits per heavy atom. The van der Waals surface area contributed by atoms with Crippen molar-refractivity contribution in [2.24, 2.45) is 7.05 Å². The Hall–Kier alpha value is -1.36. The predicted molar refractivity (Wildman–Crippen MR) is 76.9 cm³/mol. The number of hydrogen-bond donors (Lipinski definition) is 2. The molecular weight excluding hydrogens is 240 g/mol. The smallest absolute Gasteiger partial charge is 0.221 e. The first-order chi connectivity index (χ1) is 8.70. The normalized spacial score (nSPS) is 11.7. The van der Waals surface area contributed by atoms with Crippen molar-refractivity contribution in [2.75, 3.05) is 6.54 Å². The van der Waals surface area contributed by atoms with Crippen molar-refractivity contribution < 1.29 is 4.79 Å². The van der Waals surface area contributed by atoms with Crippen LogP contribution >= 0.6 is 0 Å². The molecule has 0 saturated carbocycles. The van der Waals surface area contributed by atoms with E-state index in [1.54, 1.807) is 0 Å². The molecule has 0 aliphatic heterocycles. The van der Waals surface area contributed by atoms with Crippen LogP contribution in [0.1, 0.15) is 44.1 Å². The van der Waals surface area contributed by atoms with Gasteiger partial charge in [0, 0.05) is 43.4 Å². The third kappa shape index (κ3) is 5.03. The number of nitrogens with zero attached hydrogens (tertiary/aromatic N) is 2. The summed E-state index contributed by atoms with van der Waals surface area (Å²) in [5.41, 5.74) is 3.28. The number of carbonyl (C=O) groups is 1. The lowest BCUT2D eigenvalue weighted by Crippen LogP contribution is -2.41. The topological polar surface area (TPSA) is 59.0 Å². The van der Waals surface area contributed by atoms with E-state index in [1.165, 1.54) is 11.3 Å². The Morgan fingerprint density at radius 2 is 1.95 bits per heavy atom. The van der Waals surface area contributed by atoms with E-state index in [9.17, 15) is 4.79 Å². The van der Waals surface area contributed by atoms with E-state index in [0.29, 0.717) is 13.0 Å². The van der Waals surface area contributed by atoms with Gasteiger partial charge in [-0.3, -0.25) is 9.48 Å². The van der Waals surface area contributed by atoms with E-state index in [-0.39, 0.29) is 11.4 Å². The zero-order valence-electron chi connectivity index (χ0n) is 12.9. The van der Waals surface area contributed by atoms with Gasteiger partial charge in [-0.25, -0.2) is 0 Å². The van der Waals surface area contributed by atoms with Crippen LogP contribution in [0, 0.1) is 13.8 Å². The molecule has 0 radical (unpaired) electrons. The largest absolute Gasteiger partial charge is 0.351 e. The fourth-order valence-electron chi connectivity index (χ4n) is 1.97. The second-order valence-corrected chi connectivity index (χ2v) is 6.00. The van der Waals surface area contributed by atoms with E-state index >= 15 is 0 Å². The van der Waals surface area contributed by atoms with E-state index in [0.717, 1.165) is 12.2 Å². The molecule has 0 bridgehead atoms. The first kappa shape index (κ1) is 15.7. The highest BCUT2D eigenvalue weighted by molar-refractivity contribution is 5.76. The van der Waals surface area contributed by atoms with Gasteiger partial charge < -0.3 is 10.6 Å². The van der Waals surface area contributed by atoms with E-state index in [2.05, 4.69) is 22.7 Å². The number of rotatable bonds is 5. The van der Waals surface area contributed by atoms with E-state index < -0.39 is 0 Å². The van der Waals surface area contributed by atoms with Gasteiger partial charge in [0.05, 0.1) is 5.69 Å². The van der Waals surface area contributed by atoms with Crippen LogP contribution in [0.4, 0.5) is 0 Å². The summed E-state index contributed by atoms with van der Waals surface area (Å²) in [4.78, 5) is 11.6. The number of carbonyl (C=O) groups excluding carboxylic acids is 1. The first-order valence-corrected chi connectivity index (χ1v) is 6.71. The van der Waals surface area contributed by atoms with Crippen LogP contribution in [0.25, 0.3) is 0 Å². The molecule has 1 heterocycles. The Kier molecular flexibility index (Phi) is 5.11. The minimum absolute atomic E-state index is 0.0830. The van der Waals surface area contributed by atoms with Crippen LogP contribution in [0.2, 0.25) is 0 Å². The summed E-state index contributed by atoms with van der Waals surface area (Å²) in [5, 5.41) is 10.6. The van der Waals surface area contributed by atoms with Gasteiger partial charge in [0.25, 0.3) is 0 Å². The molecular formula is C14H26N4O. The van der Waals surface area contributed by atoms with Gasteiger partial charge in [-0.05, 0) is 34.6 Å². The second-order valence-electron chi connectivity index (χ2n) is 6.00. The summed E-state index contributed by atoms with van der Waals surface area (Å²) in [6, 6.07) is 0. The Labute approximate surface area is 115 Å². The highest BCUT2D eigenvalue weighted by Crippen LogP contribution is 2.11. The summed E-state index contributed by atoms with van der Waals surface area (Å²) in [6.45, 7) is 11.5. The maximum Gasteiger partial charge on any atom is 0.221 e. The quantitative estimate of drug-likeness (QED) is 0.793. The monoisotopic (exact) mass is 266 g/mol. The molecule has 5 nitrogen and oxygen atoms in total. The average molecular weight is 266 g/mol. The molecule has 0 aliphatic rings. The van der Waals surface area contributed by atoms with Gasteiger partial charge in [-0.15, -0.1) is 0 Å². The van der Waals surface area contributed by atoms with Crippen molar-refractivity contribution in [3.05, 3.63) is 17.0 Å². The Bertz CT molecular complexity index is 443. The summed E-state index contributed by atoms with van der Waals surface area (Å²) >= 11 is 0. The molecule has 1 aromatic rings. The lowest BCUT2D eigenvalue weighted by atomic mass is 10.1. The number of nitrogens with one attached hydrogen (secondary N) is 2. The predicted octanol–water partition coefficient (Wildman–Crippen LogP) is 1.43. The number of aryl methyl sites for hydroxylation is 2. The first-order valence-electron chi connectivity index (χ1n) is 6.71. The van der Waals surface area contributed by atoms with Crippen LogP contribution in [-0.4, -0.2) is 27.8 Å². The SMILES string of the molecule is Cc1nn(C)c(C)c1CNCCC(=O)NC(C)(C)C. The molecule has 108 valence electrons. The van der Waals surface area contributed by atoms with Crippen molar-refractivity contribution in [3.8, 4) is 0 Å². The zero-order valence-corrected chi connectivity index (χ0v) is 12.9. The summed E-state index contributed by atoms with van der Waals surface area (Å²) < 4.78 is 1.89. The number of amides is 1. The second kappa shape index (κ2) is 6.19. The minimum atomic E-state index is -0.159. The molecule has 1 aromatic heterocycles. The van der Waals surface area contributed by atoms with Gasteiger partial charge in [0.1, 0.15) is 0 Å². The summed E-state index contributed by atoms with van der Waals surface area (Å²) in [6.07, 6.45) is 0.496. The van der Waals surface area contributed by atoms with Crippen LogP contribution in [-0.2, 0) is 18.4 Å². The maximum absolute atomic E-state index is 11.6. The molecule has 1 amide bonds. The van der Waals surface area contributed by atoms with Gasteiger partial charge >= 0.3 is 0 Å². The molecule has 5 heteroatoms. The van der Waals surface area contributed by atoms with Crippen LogP contribution in [0.15, 0.2) is 0 Å². The molecule has 0 spiro atoms. The molecule has 0 aromatic carbocycles. The molecule has 1 rings (SSSR count). The van der Waals surface area contributed by atoms with Crippen molar-refractivity contribution in [1.82, 2.24) is 20.4 Å². The standard InChI is InChI=1S/C14H26N4O/c1-10-12(11(2)18(6)17-10)9-15-8-7-13(19)16-14(3,4)5/h15H,7-9H2,1-6H3,(H,16,19). The van der Waals surface area contributed by atoms with E-state index in [4.69, 9.17) is 0 Å². The molecule has 0 unspecified atom stereocenters. The molecule has 0 fully saturated rings. The zero-order chi connectivity index (χ0) is 14.6. The molecule has 19 heavy (non-hydrogen) atoms. The van der Waals surface area contributed by atoms with Crippen molar-refractivity contribution in [2.45, 2.75) is 53.1 Å². The average Bonchev–Trinajstić information content (AvgIpc) is 2.47. The van der Waals surface area contributed by atoms with E-state index in [1.807, 2.05) is 39.4 Å². The Balaban J connectivity index is 2.33. The highest BCUT2D eigenvalue weighted by atomic mass is 16.1. The summed E-state index contributed by atoms with van der Waals surface area (Å²) in [7, 11) is 1.95. The fourth-order valence-corrected chi connectivity index (χ4v) is 1.97. The molecule has 0 aliphatic carbocycles. The van der Waals surface area contributed by atoms with Crippen molar-refractivity contribution in [3.63, 3.8) is 0 Å². The third-order valence-corrected chi connectivity index (χ3v) is 3.00. The molecule has 0 saturated heterocycles. The number of hydrogen-bond acceptors (Lipinski definition) is 3. The number of aromatic nitrogens is 2. The van der Waals surface area contributed by atoms with Crippen LogP contribution < -0.4 is 10.6 Å². The van der Waals surface area contributed by atoms with Gasteiger partial charge in [0.15, 0.2) is 0 Å². The van der Waals surface area contributed by atoms with Crippen LogP contribution in [0.5, 0.6) is 0 Å². The van der Waals surface area contributed by atoms with Gasteiger partial charge in [-0.1, -0.05) is 0 Å². The highest BCUT2D eigenvalue weighted by Gasteiger charge is 2.13. The lowest BCUT2D eigenvalue weighted by Gasteiger charge is -2.20. The summed E-state index contributed by atoms with van der Waals surface area (Å²) in [5.74, 6) is 0.0830. The van der Waals surface area contributed by atoms with Crippen molar-refractivity contribution in [1.29, 1.82) is 0 Å². The third-order valence-electron chi connectivity index (χ3n) is 3.00. The molecule has 2 N–H and O–H groups in total. The maximum atomic E-state index is 11.6. The van der Waals surface area contributed by atoms with Gasteiger partial charge in [-0.2, -0.15) is 5.10 Å².